The van der Waals surface area contributed by atoms with E-state index in [1.165, 1.54) is 13.0 Å². The molecule has 1 N–H and O–H groups in total. The zero-order chi connectivity index (χ0) is 13.7. The van der Waals surface area contributed by atoms with Crippen molar-refractivity contribution in [1.82, 2.24) is 9.62 Å². The molecular formula is C14H32N2S. The largest absolute Gasteiger partial charge is 0.315 e. The van der Waals surface area contributed by atoms with Crippen molar-refractivity contribution in [3.63, 3.8) is 0 Å². The number of nitrogens with zero attached hydrogens (tertiary/aromatic N) is 1. The minimum absolute atomic E-state index is 0.310. The number of hydrogen-bond donors (Lipinski definition) is 1. The van der Waals surface area contributed by atoms with Crippen LogP contribution >= 0.6 is 11.9 Å². The fourth-order valence-corrected chi connectivity index (χ4v) is 2.29. The van der Waals surface area contributed by atoms with Crippen LogP contribution in [-0.2, 0) is 0 Å². The maximum atomic E-state index is 3.45. The quantitative estimate of drug-likeness (QED) is 0.734. The van der Waals surface area contributed by atoms with Crippen molar-refractivity contribution in [3.8, 4) is 0 Å². The maximum Gasteiger partial charge on any atom is 0.0249 e. The van der Waals surface area contributed by atoms with Gasteiger partial charge in [-0.1, -0.05) is 53.5 Å². The Kier molecular flexibility index (Phi) is 7.12. The van der Waals surface area contributed by atoms with Gasteiger partial charge in [0.05, 0.1) is 0 Å². The monoisotopic (exact) mass is 260 g/mol. The molecule has 0 aliphatic heterocycles. The summed E-state index contributed by atoms with van der Waals surface area (Å²) in [6.45, 7) is 16.1. The summed E-state index contributed by atoms with van der Waals surface area (Å²) >= 11 is 1.86. The molecule has 0 bridgehead atoms. The molecule has 1 atom stereocenters. The minimum atomic E-state index is 0.310. The van der Waals surface area contributed by atoms with Gasteiger partial charge < -0.3 is 5.32 Å². The van der Waals surface area contributed by atoms with Crippen LogP contribution in [0.25, 0.3) is 0 Å². The average Bonchev–Trinajstić information content (AvgIpc) is 2.14. The van der Waals surface area contributed by atoms with Crippen molar-refractivity contribution in [1.29, 1.82) is 0 Å². The number of hydrogen-bond acceptors (Lipinski definition) is 3. The zero-order valence-corrected chi connectivity index (χ0v) is 13.9. The predicted octanol–water partition coefficient (Wildman–Crippen LogP) is 3.64. The van der Waals surface area contributed by atoms with Crippen molar-refractivity contribution in [2.24, 2.45) is 10.8 Å². The normalized spacial score (nSPS) is 15.4. The minimum Gasteiger partial charge on any atom is -0.315 e. The SMILES string of the molecule is CNC(CN(CCC(C)(C)C)SC)C(C)(C)C. The fourth-order valence-electron chi connectivity index (χ4n) is 1.72. The van der Waals surface area contributed by atoms with E-state index in [4.69, 9.17) is 0 Å². The van der Waals surface area contributed by atoms with Crippen LogP contribution in [0, 0.1) is 10.8 Å². The predicted molar refractivity (Wildman–Crippen MR) is 81.5 cm³/mol. The molecule has 0 aliphatic carbocycles. The summed E-state index contributed by atoms with van der Waals surface area (Å²) in [5, 5.41) is 3.45. The number of rotatable bonds is 6. The molecule has 1 unspecified atom stereocenters. The van der Waals surface area contributed by atoms with E-state index in [9.17, 15) is 0 Å². The lowest BCUT2D eigenvalue weighted by molar-refractivity contribution is 0.229. The van der Waals surface area contributed by atoms with Crippen LogP contribution in [0.3, 0.4) is 0 Å². The highest BCUT2D eigenvalue weighted by atomic mass is 32.2. The first-order valence-electron chi connectivity index (χ1n) is 6.56. The molecule has 0 fully saturated rings. The second kappa shape index (κ2) is 7.01. The van der Waals surface area contributed by atoms with Gasteiger partial charge in [-0.3, -0.25) is 0 Å². The van der Waals surface area contributed by atoms with Crippen LogP contribution in [0.2, 0.25) is 0 Å². The van der Waals surface area contributed by atoms with Gasteiger partial charge >= 0.3 is 0 Å². The number of nitrogens with one attached hydrogen (secondary N) is 1. The summed E-state index contributed by atoms with van der Waals surface area (Å²) in [6, 6.07) is 0.537. The Morgan fingerprint density at radius 3 is 1.94 bits per heavy atom. The first kappa shape index (κ1) is 17.3. The molecule has 0 saturated carbocycles. The van der Waals surface area contributed by atoms with Crippen LogP contribution in [0.1, 0.15) is 48.0 Å². The van der Waals surface area contributed by atoms with Gasteiger partial charge in [0.1, 0.15) is 0 Å². The summed E-state index contributed by atoms with van der Waals surface area (Å²) in [6.07, 6.45) is 3.42. The van der Waals surface area contributed by atoms with Crippen molar-refractivity contribution < 1.29 is 0 Å². The van der Waals surface area contributed by atoms with Crippen molar-refractivity contribution in [2.75, 3.05) is 26.4 Å². The lowest BCUT2D eigenvalue weighted by atomic mass is 9.86. The van der Waals surface area contributed by atoms with E-state index in [2.05, 4.69) is 64.5 Å². The third-order valence-electron chi connectivity index (χ3n) is 3.15. The third-order valence-corrected chi connectivity index (χ3v) is 4.00. The molecule has 0 amide bonds. The highest BCUT2D eigenvalue weighted by Gasteiger charge is 2.25. The Morgan fingerprint density at radius 1 is 1.12 bits per heavy atom. The van der Waals surface area contributed by atoms with Crippen molar-refractivity contribution >= 4 is 11.9 Å². The lowest BCUT2D eigenvalue weighted by Crippen LogP contribution is -2.45. The highest BCUT2D eigenvalue weighted by molar-refractivity contribution is 7.96. The molecule has 0 aliphatic rings. The van der Waals surface area contributed by atoms with E-state index in [1.54, 1.807) is 0 Å². The summed E-state index contributed by atoms with van der Waals surface area (Å²) < 4.78 is 2.48. The molecule has 0 radical (unpaired) electrons. The second-order valence-electron chi connectivity index (χ2n) is 7.09. The molecule has 0 heterocycles. The Hall–Kier alpha value is 0.270. The summed E-state index contributed by atoms with van der Waals surface area (Å²) in [4.78, 5) is 0. The van der Waals surface area contributed by atoms with Crippen LogP contribution in [0.4, 0.5) is 0 Å². The molecule has 0 rings (SSSR count). The van der Waals surface area contributed by atoms with Crippen molar-refractivity contribution in [2.45, 2.75) is 54.0 Å². The first-order valence-corrected chi connectivity index (χ1v) is 7.74. The van der Waals surface area contributed by atoms with Gasteiger partial charge in [0.15, 0.2) is 0 Å². The first-order chi connectivity index (χ1) is 7.60. The van der Waals surface area contributed by atoms with Crippen LogP contribution < -0.4 is 5.32 Å². The molecule has 17 heavy (non-hydrogen) atoms. The van der Waals surface area contributed by atoms with Gasteiger partial charge in [-0.05, 0) is 30.6 Å². The van der Waals surface area contributed by atoms with Gasteiger partial charge in [-0.15, -0.1) is 0 Å². The number of likely N-dealkylation sites (N-methyl/N-ethyl adjacent to an activating group) is 1. The molecule has 0 aromatic rings. The van der Waals surface area contributed by atoms with Gasteiger partial charge in [0.2, 0.25) is 0 Å². The molecular weight excluding hydrogens is 228 g/mol. The molecule has 3 heteroatoms. The smallest absolute Gasteiger partial charge is 0.0249 e. The zero-order valence-electron chi connectivity index (χ0n) is 13.1. The van der Waals surface area contributed by atoms with Gasteiger partial charge in [0.25, 0.3) is 0 Å². The average molecular weight is 260 g/mol. The molecule has 0 aromatic heterocycles. The van der Waals surface area contributed by atoms with E-state index < -0.39 is 0 Å². The molecule has 0 saturated heterocycles. The Balaban J connectivity index is 4.29. The van der Waals surface area contributed by atoms with E-state index in [-0.39, 0.29) is 0 Å². The van der Waals surface area contributed by atoms with Crippen LogP contribution in [0.15, 0.2) is 0 Å². The highest BCUT2D eigenvalue weighted by Crippen LogP contribution is 2.24. The van der Waals surface area contributed by atoms with Gasteiger partial charge in [0, 0.05) is 19.1 Å². The maximum absolute atomic E-state index is 3.45. The van der Waals surface area contributed by atoms with Crippen LogP contribution in [0.5, 0.6) is 0 Å². The lowest BCUT2D eigenvalue weighted by Gasteiger charge is -2.35. The Labute approximate surface area is 113 Å². The van der Waals surface area contributed by atoms with E-state index >= 15 is 0 Å². The van der Waals surface area contributed by atoms with Gasteiger partial charge in [-0.25, -0.2) is 4.31 Å². The molecule has 0 aromatic carbocycles. The van der Waals surface area contributed by atoms with Crippen molar-refractivity contribution in [3.05, 3.63) is 0 Å². The van der Waals surface area contributed by atoms with E-state index in [0.717, 1.165) is 6.54 Å². The fraction of sp³-hybridized carbons (Fsp3) is 1.00. The third kappa shape index (κ3) is 8.06. The Morgan fingerprint density at radius 2 is 1.65 bits per heavy atom. The summed E-state index contributed by atoms with van der Waals surface area (Å²) in [5.74, 6) is 0. The van der Waals surface area contributed by atoms with Crippen LogP contribution in [-0.4, -0.2) is 36.7 Å². The summed E-state index contributed by atoms with van der Waals surface area (Å²) in [7, 11) is 2.07. The Bertz CT molecular complexity index is 203. The molecule has 2 nitrogen and oxygen atoms in total. The standard InChI is InChI=1S/C14H32N2S/c1-13(2,3)9-10-16(17-8)11-12(15-7)14(4,5)6/h12,15H,9-11H2,1-8H3. The second-order valence-corrected chi connectivity index (χ2v) is 7.97. The topological polar surface area (TPSA) is 15.3 Å². The van der Waals surface area contributed by atoms with E-state index in [0.29, 0.717) is 16.9 Å². The van der Waals surface area contributed by atoms with Gasteiger partial charge in [-0.2, -0.15) is 0 Å². The summed E-state index contributed by atoms with van der Waals surface area (Å²) in [5.41, 5.74) is 0.731. The van der Waals surface area contributed by atoms with E-state index in [1.807, 2.05) is 11.9 Å². The molecule has 0 spiro atoms. The molecule has 104 valence electrons.